The van der Waals surface area contributed by atoms with Crippen LogP contribution in [-0.2, 0) is 14.2 Å². The summed E-state index contributed by atoms with van der Waals surface area (Å²) in [6.45, 7) is 1.62. The molecule has 0 aliphatic heterocycles. The van der Waals surface area contributed by atoms with Crippen molar-refractivity contribution >= 4 is 0 Å². The van der Waals surface area contributed by atoms with E-state index in [1.807, 2.05) is 0 Å². The molecule has 3 N–H and O–H groups in total. The van der Waals surface area contributed by atoms with Crippen LogP contribution in [0.5, 0.6) is 0 Å². The second-order valence-electron chi connectivity index (χ2n) is 4.19. The third-order valence-electron chi connectivity index (χ3n) is 2.75. The molecule has 0 saturated heterocycles. The smallest absolute Gasteiger partial charge is 0.101 e. The van der Waals surface area contributed by atoms with Gasteiger partial charge < -0.3 is 25.1 Å². The lowest BCUT2D eigenvalue weighted by Crippen LogP contribution is -2.34. The number of ether oxygens (including phenoxy) is 3. The first kappa shape index (κ1) is 13.9. The van der Waals surface area contributed by atoms with Crippen molar-refractivity contribution in [1.82, 2.24) is 0 Å². The van der Waals surface area contributed by atoms with Crippen LogP contribution >= 0.6 is 0 Å². The standard InChI is InChI=1S/C11H23NO4/c1-14-5-6-15-7-9(13)8-16-11-4-2-3-10(11)12/h9-11,13H,2-8,12H2,1H3. The summed E-state index contributed by atoms with van der Waals surface area (Å²) >= 11 is 0. The van der Waals surface area contributed by atoms with Gasteiger partial charge in [-0.25, -0.2) is 0 Å². The van der Waals surface area contributed by atoms with Crippen LogP contribution in [0.25, 0.3) is 0 Å². The lowest BCUT2D eigenvalue weighted by Gasteiger charge is -2.19. The molecule has 1 aliphatic carbocycles. The average molecular weight is 233 g/mol. The summed E-state index contributed by atoms with van der Waals surface area (Å²) in [5.41, 5.74) is 5.85. The number of rotatable bonds is 8. The first-order valence-electron chi connectivity index (χ1n) is 5.86. The molecule has 1 aliphatic rings. The van der Waals surface area contributed by atoms with Crippen molar-refractivity contribution in [2.45, 2.75) is 37.5 Å². The van der Waals surface area contributed by atoms with E-state index in [1.165, 1.54) is 0 Å². The lowest BCUT2D eigenvalue weighted by molar-refractivity contribution is -0.0511. The topological polar surface area (TPSA) is 73.9 Å². The maximum absolute atomic E-state index is 9.56. The molecule has 0 heterocycles. The lowest BCUT2D eigenvalue weighted by atomic mass is 10.2. The van der Waals surface area contributed by atoms with E-state index in [1.54, 1.807) is 7.11 Å². The second kappa shape index (κ2) is 7.97. The van der Waals surface area contributed by atoms with Gasteiger partial charge in [0.25, 0.3) is 0 Å². The van der Waals surface area contributed by atoms with E-state index in [2.05, 4.69) is 0 Å². The van der Waals surface area contributed by atoms with Gasteiger partial charge in [-0.2, -0.15) is 0 Å². The van der Waals surface area contributed by atoms with Gasteiger partial charge in [0, 0.05) is 13.2 Å². The van der Waals surface area contributed by atoms with Crippen LogP contribution in [0.4, 0.5) is 0 Å². The van der Waals surface area contributed by atoms with Gasteiger partial charge in [-0.15, -0.1) is 0 Å². The molecule has 3 atom stereocenters. The highest BCUT2D eigenvalue weighted by atomic mass is 16.5. The Hall–Kier alpha value is -0.200. The summed E-state index contributed by atoms with van der Waals surface area (Å²) < 4.78 is 15.6. The molecule has 1 saturated carbocycles. The monoisotopic (exact) mass is 233 g/mol. The van der Waals surface area contributed by atoms with Crippen molar-refractivity contribution in [3.05, 3.63) is 0 Å². The fraction of sp³-hybridized carbons (Fsp3) is 1.00. The van der Waals surface area contributed by atoms with Crippen molar-refractivity contribution in [1.29, 1.82) is 0 Å². The number of aliphatic hydroxyl groups excluding tert-OH is 1. The van der Waals surface area contributed by atoms with Gasteiger partial charge in [0.2, 0.25) is 0 Å². The van der Waals surface area contributed by atoms with Crippen molar-refractivity contribution < 1.29 is 19.3 Å². The van der Waals surface area contributed by atoms with Crippen molar-refractivity contribution in [3.63, 3.8) is 0 Å². The first-order chi connectivity index (χ1) is 7.74. The Balaban J connectivity index is 1.99. The summed E-state index contributed by atoms with van der Waals surface area (Å²) in [6.07, 6.45) is 2.66. The van der Waals surface area contributed by atoms with E-state index >= 15 is 0 Å². The van der Waals surface area contributed by atoms with E-state index in [-0.39, 0.29) is 18.8 Å². The summed E-state index contributed by atoms with van der Waals surface area (Å²) in [7, 11) is 1.62. The normalized spacial score (nSPS) is 27.2. The van der Waals surface area contributed by atoms with Crippen LogP contribution in [-0.4, -0.2) is 56.9 Å². The van der Waals surface area contributed by atoms with Crippen molar-refractivity contribution in [2.24, 2.45) is 5.73 Å². The highest BCUT2D eigenvalue weighted by molar-refractivity contribution is 4.81. The zero-order valence-corrected chi connectivity index (χ0v) is 9.93. The molecule has 0 spiro atoms. The third kappa shape index (κ3) is 5.23. The Morgan fingerprint density at radius 3 is 2.75 bits per heavy atom. The molecule has 3 unspecified atom stereocenters. The second-order valence-corrected chi connectivity index (χ2v) is 4.19. The Morgan fingerprint density at radius 1 is 1.31 bits per heavy atom. The maximum Gasteiger partial charge on any atom is 0.101 e. The molecule has 1 fully saturated rings. The van der Waals surface area contributed by atoms with Crippen molar-refractivity contribution in [3.8, 4) is 0 Å². The van der Waals surface area contributed by atoms with Gasteiger partial charge in [-0.1, -0.05) is 0 Å². The zero-order chi connectivity index (χ0) is 11.8. The Morgan fingerprint density at radius 2 is 2.12 bits per heavy atom. The summed E-state index contributed by atoms with van der Waals surface area (Å²) in [4.78, 5) is 0. The highest BCUT2D eigenvalue weighted by Gasteiger charge is 2.25. The largest absolute Gasteiger partial charge is 0.388 e. The van der Waals surface area contributed by atoms with Crippen LogP contribution in [0.15, 0.2) is 0 Å². The van der Waals surface area contributed by atoms with Crippen LogP contribution in [0.2, 0.25) is 0 Å². The average Bonchev–Trinajstić information content (AvgIpc) is 2.67. The van der Waals surface area contributed by atoms with E-state index in [0.717, 1.165) is 19.3 Å². The molecule has 5 nitrogen and oxygen atoms in total. The molecule has 0 aromatic carbocycles. The van der Waals surface area contributed by atoms with Crippen LogP contribution in [0.3, 0.4) is 0 Å². The molecular weight excluding hydrogens is 210 g/mol. The molecule has 5 heteroatoms. The predicted octanol–water partition coefficient (Wildman–Crippen LogP) is -0.0933. The molecular formula is C11H23NO4. The number of methoxy groups -OCH3 is 1. The molecule has 0 bridgehead atoms. The first-order valence-corrected chi connectivity index (χ1v) is 5.86. The summed E-state index contributed by atoms with van der Waals surface area (Å²) in [6, 6.07) is 0.126. The molecule has 0 aromatic heterocycles. The van der Waals surface area contributed by atoms with E-state index in [4.69, 9.17) is 19.9 Å². The SMILES string of the molecule is COCCOCC(O)COC1CCCC1N. The minimum atomic E-state index is -0.579. The number of aliphatic hydroxyl groups is 1. The molecule has 0 aromatic rings. The molecule has 0 radical (unpaired) electrons. The Labute approximate surface area is 96.9 Å². The Bertz CT molecular complexity index is 179. The summed E-state index contributed by atoms with van der Waals surface area (Å²) in [5.74, 6) is 0. The quantitative estimate of drug-likeness (QED) is 0.573. The molecule has 96 valence electrons. The maximum atomic E-state index is 9.56. The van der Waals surface area contributed by atoms with Gasteiger partial charge >= 0.3 is 0 Å². The van der Waals surface area contributed by atoms with Crippen LogP contribution < -0.4 is 5.73 Å². The minimum absolute atomic E-state index is 0.105. The zero-order valence-electron chi connectivity index (χ0n) is 9.93. The molecule has 1 rings (SSSR count). The van der Waals surface area contributed by atoms with E-state index in [0.29, 0.717) is 19.8 Å². The highest BCUT2D eigenvalue weighted by Crippen LogP contribution is 2.20. The molecule has 0 amide bonds. The van der Waals surface area contributed by atoms with Gasteiger partial charge in [-0.05, 0) is 19.3 Å². The van der Waals surface area contributed by atoms with Gasteiger partial charge in [0.1, 0.15) is 6.10 Å². The van der Waals surface area contributed by atoms with Gasteiger partial charge in [0.05, 0.1) is 32.5 Å². The fourth-order valence-corrected chi connectivity index (χ4v) is 1.81. The van der Waals surface area contributed by atoms with E-state index < -0.39 is 6.10 Å². The van der Waals surface area contributed by atoms with Crippen LogP contribution in [0, 0.1) is 0 Å². The number of hydrogen-bond acceptors (Lipinski definition) is 5. The summed E-state index contributed by atoms with van der Waals surface area (Å²) in [5, 5.41) is 9.56. The van der Waals surface area contributed by atoms with Gasteiger partial charge in [-0.3, -0.25) is 0 Å². The number of nitrogens with two attached hydrogens (primary N) is 1. The van der Waals surface area contributed by atoms with Crippen LogP contribution in [0.1, 0.15) is 19.3 Å². The van der Waals surface area contributed by atoms with Gasteiger partial charge in [0.15, 0.2) is 0 Å². The molecule has 16 heavy (non-hydrogen) atoms. The van der Waals surface area contributed by atoms with Crippen molar-refractivity contribution in [2.75, 3.05) is 33.5 Å². The minimum Gasteiger partial charge on any atom is -0.388 e. The third-order valence-corrected chi connectivity index (χ3v) is 2.75. The van der Waals surface area contributed by atoms with E-state index in [9.17, 15) is 5.11 Å². The Kier molecular flexibility index (Phi) is 6.91. The number of hydrogen-bond donors (Lipinski definition) is 2. The predicted molar refractivity (Wildman–Crippen MR) is 60.3 cm³/mol. The fourth-order valence-electron chi connectivity index (χ4n) is 1.81.